The van der Waals surface area contributed by atoms with Gasteiger partial charge in [0, 0.05) is 17.0 Å². The van der Waals surface area contributed by atoms with E-state index in [0.29, 0.717) is 15.8 Å². The molecule has 0 bridgehead atoms. The molecule has 0 amide bonds. The number of non-ortho nitro benzene ring substituents is 1. The van der Waals surface area contributed by atoms with Gasteiger partial charge in [0.05, 0.1) is 9.95 Å². The minimum atomic E-state index is -0.433. The summed E-state index contributed by atoms with van der Waals surface area (Å²) in [6.45, 7) is 4.30. The van der Waals surface area contributed by atoms with E-state index in [2.05, 4.69) is 29.8 Å². The largest absolute Gasteiger partial charge is 0.270 e. The summed E-state index contributed by atoms with van der Waals surface area (Å²) < 4.78 is 0. The van der Waals surface area contributed by atoms with E-state index in [4.69, 9.17) is 11.6 Å². The highest BCUT2D eigenvalue weighted by atomic mass is 79.9. The highest BCUT2D eigenvalue weighted by Gasteiger charge is 2.12. The first-order chi connectivity index (χ1) is 7.91. The minimum Gasteiger partial charge on any atom is -0.258 e. The van der Waals surface area contributed by atoms with Crippen LogP contribution < -0.4 is 0 Å². The van der Waals surface area contributed by atoms with Crippen molar-refractivity contribution in [2.24, 2.45) is 5.92 Å². The van der Waals surface area contributed by atoms with E-state index >= 15 is 0 Å². The maximum atomic E-state index is 10.6. The van der Waals surface area contributed by atoms with E-state index < -0.39 is 4.92 Å². The summed E-state index contributed by atoms with van der Waals surface area (Å²) in [4.78, 5) is 10.6. The van der Waals surface area contributed by atoms with E-state index in [1.165, 1.54) is 12.1 Å². The molecule has 0 aliphatic carbocycles. The molecule has 0 aliphatic rings. The molecule has 0 aliphatic heterocycles. The van der Waals surface area contributed by atoms with Crippen LogP contribution in [0.4, 0.5) is 5.69 Å². The Bertz CT molecular complexity index is 409. The van der Waals surface area contributed by atoms with Gasteiger partial charge in [-0.15, -0.1) is 0 Å². The summed E-state index contributed by atoms with van der Waals surface area (Å²) in [7, 11) is 0. The Morgan fingerprint density at radius 2 is 2.12 bits per heavy atom. The monoisotopic (exact) mass is 319 g/mol. The first kappa shape index (κ1) is 14.5. The summed E-state index contributed by atoms with van der Waals surface area (Å²) >= 11 is 9.63. The molecule has 94 valence electrons. The SMILES string of the molecule is CC(C)C(Br)CCc1ccc([N+](=O)[O-])cc1Cl. The summed E-state index contributed by atoms with van der Waals surface area (Å²) in [5, 5.41) is 11.0. The molecule has 1 aromatic carbocycles. The van der Waals surface area contributed by atoms with Gasteiger partial charge in [0.25, 0.3) is 5.69 Å². The molecule has 1 atom stereocenters. The number of nitrogens with zero attached hydrogens (tertiary/aromatic N) is 1. The van der Waals surface area contributed by atoms with E-state index in [-0.39, 0.29) is 5.69 Å². The van der Waals surface area contributed by atoms with Crippen LogP contribution in [0.2, 0.25) is 5.02 Å². The molecule has 0 radical (unpaired) electrons. The number of nitro groups is 1. The standard InChI is InChI=1S/C12H15BrClNO2/c1-8(2)11(13)6-4-9-3-5-10(15(16)17)7-12(9)14/h3,5,7-8,11H,4,6H2,1-2H3. The van der Waals surface area contributed by atoms with Gasteiger partial charge < -0.3 is 0 Å². The van der Waals surface area contributed by atoms with E-state index in [1.807, 2.05) is 0 Å². The van der Waals surface area contributed by atoms with Crippen LogP contribution in [0.5, 0.6) is 0 Å². The maximum absolute atomic E-state index is 10.6. The average Bonchev–Trinajstić information content (AvgIpc) is 2.26. The molecule has 0 spiro atoms. The van der Waals surface area contributed by atoms with Crippen LogP contribution in [0.15, 0.2) is 18.2 Å². The molecule has 17 heavy (non-hydrogen) atoms. The molecule has 3 nitrogen and oxygen atoms in total. The van der Waals surface area contributed by atoms with E-state index in [9.17, 15) is 10.1 Å². The third-order valence-corrected chi connectivity index (χ3v) is 4.53. The summed E-state index contributed by atoms with van der Waals surface area (Å²) in [6, 6.07) is 4.65. The van der Waals surface area contributed by atoms with Gasteiger partial charge >= 0.3 is 0 Å². The quantitative estimate of drug-likeness (QED) is 0.452. The molecule has 0 aromatic heterocycles. The summed E-state index contributed by atoms with van der Waals surface area (Å²) in [6.07, 6.45) is 1.79. The fourth-order valence-electron chi connectivity index (χ4n) is 1.48. The lowest BCUT2D eigenvalue weighted by Crippen LogP contribution is -2.08. The van der Waals surface area contributed by atoms with Crippen molar-refractivity contribution in [3.05, 3.63) is 38.9 Å². The van der Waals surface area contributed by atoms with Crippen LogP contribution in [-0.2, 0) is 6.42 Å². The van der Waals surface area contributed by atoms with E-state index in [0.717, 1.165) is 18.4 Å². The second-order valence-corrected chi connectivity index (χ2v) is 5.91. The molecule has 1 aromatic rings. The predicted molar refractivity (Wildman–Crippen MR) is 74.0 cm³/mol. The number of benzene rings is 1. The second-order valence-electron chi connectivity index (χ2n) is 4.33. The minimum absolute atomic E-state index is 0.0398. The number of rotatable bonds is 5. The Labute approximate surface area is 114 Å². The molecule has 0 N–H and O–H groups in total. The van der Waals surface area contributed by atoms with Crippen molar-refractivity contribution in [3.8, 4) is 0 Å². The van der Waals surface area contributed by atoms with Gasteiger partial charge in [-0.25, -0.2) is 0 Å². The van der Waals surface area contributed by atoms with Crippen LogP contribution in [0.25, 0.3) is 0 Å². The zero-order valence-electron chi connectivity index (χ0n) is 9.82. The number of nitro benzene ring substituents is 1. The number of hydrogen-bond donors (Lipinski definition) is 0. The second kappa shape index (κ2) is 6.36. The van der Waals surface area contributed by atoms with Crippen molar-refractivity contribution < 1.29 is 4.92 Å². The molecule has 1 rings (SSSR count). The van der Waals surface area contributed by atoms with Crippen LogP contribution >= 0.6 is 27.5 Å². The Balaban J connectivity index is 2.70. The maximum Gasteiger partial charge on any atom is 0.270 e. The fourth-order valence-corrected chi connectivity index (χ4v) is 1.98. The lowest BCUT2D eigenvalue weighted by molar-refractivity contribution is -0.384. The summed E-state index contributed by atoms with van der Waals surface area (Å²) in [5.41, 5.74) is 1.00. The zero-order valence-corrected chi connectivity index (χ0v) is 12.2. The van der Waals surface area contributed by atoms with Crippen LogP contribution in [0.1, 0.15) is 25.8 Å². The Kier molecular flexibility index (Phi) is 5.40. The third-order valence-electron chi connectivity index (χ3n) is 2.66. The van der Waals surface area contributed by atoms with Gasteiger partial charge in [0.1, 0.15) is 0 Å². The lowest BCUT2D eigenvalue weighted by Gasteiger charge is -2.13. The van der Waals surface area contributed by atoms with Gasteiger partial charge in [0.2, 0.25) is 0 Å². The Morgan fingerprint density at radius 3 is 2.59 bits per heavy atom. The average molecular weight is 321 g/mol. The van der Waals surface area contributed by atoms with Crippen LogP contribution in [-0.4, -0.2) is 9.75 Å². The lowest BCUT2D eigenvalue weighted by atomic mass is 10.0. The van der Waals surface area contributed by atoms with Gasteiger partial charge in [-0.05, 0) is 24.3 Å². The number of alkyl halides is 1. The fraction of sp³-hybridized carbons (Fsp3) is 0.500. The Hall–Kier alpha value is -0.610. The van der Waals surface area contributed by atoms with Gasteiger partial charge in [-0.2, -0.15) is 0 Å². The van der Waals surface area contributed by atoms with Crippen molar-refractivity contribution >= 4 is 33.2 Å². The van der Waals surface area contributed by atoms with Gasteiger partial charge in [-0.3, -0.25) is 10.1 Å². The number of hydrogen-bond acceptors (Lipinski definition) is 2. The molecule has 0 heterocycles. The van der Waals surface area contributed by atoms with Crippen molar-refractivity contribution in [3.63, 3.8) is 0 Å². The normalized spacial score (nSPS) is 12.8. The molecule has 0 saturated carbocycles. The molecular weight excluding hydrogens is 305 g/mol. The van der Waals surface area contributed by atoms with Crippen molar-refractivity contribution in [1.29, 1.82) is 0 Å². The molecule has 5 heteroatoms. The Morgan fingerprint density at radius 1 is 1.47 bits per heavy atom. The summed E-state index contributed by atoms with van der Waals surface area (Å²) in [5.74, 6) is 0.562. The van der Waals surface area contributed by atoms with Crippen molar-refractivity contribution in [2.75, 3.05) is 0 Å². The highest BCUT2D eigenvalue weighted by Crippen LogP contribution is 2.26. The third kappa shape index (κ3) is 4.28. The smallest absolute Gasteiger partial charge is 0.258 e. The van der Waals surface area contributed by atoms with Crippen LogP contribution in [0.3, 0.4) is 0 Å². The number of aryl methyl sites for hydroxylation is 1. The van der Waals surface area contributed by atoms with Gasteiger partial charge in [-0.1, -0.05) is 47.4 Å². The molecular formula is C12H15BrClNO2. The van der Waals surface area contributed by atoms with Crippen molar-refractivity contribution in [1.82, 2.24) is 0 Å². The predicted octanol–water partition coefficient (Wildman–Crippen LogP) is 4.60. The zero-order chi connectivity index (χ0) is 13.0. The molecule has 0 fully saturated rings. The molecule has 1 unspecified atom stereocenters. The highest BCUT2D eigenvalue weighted by molar-refractivity contribution is 9.09. The topological polar surface area (TPSA) is 43.1 Å². The van der Waals surface area contributed by atoms with Crippen molar-refractivity contribution in [2.45, 2.75) is 31.5 Å². The van der Waals surface area contributed by atoms with E-state index in [1.54, 1.807) is 6.07 Å². The first-order valence-corrected chi connectivity index (χ1v) is 6.78. The number of halogens is 2. The molecule has 0 saturated heterocycles. The van der Waals surface area contributed by atoms with Gasteiger partial charge in [0.15, 0.2) is 0 Å². The first-order valence-electron chi connectivity index (χ1n) is 5.48. The van der Waals surface area contributed by atoms with Crippen LogP contribution in [0, 0.1) is 16.0 Å².